The van der Waals surface area contributed by atoms with Crippen molar-refractivity contribution in [2.45, 2.75) is 76.5 Å². The van der Waals surface area contributed by atoms with Crippen molar-refractivity contribution in [2.24, 2.45) is 33.7 Å². The Kier molecular flexibility index (Phi) is 15.4. The minimum absolute atomic E-state index is 0.0460. The molecular weight excluding hydrogens is 650 g/mol. The summed E-state index contributed by atoms with van der Waals surface area (Å²) in [6.45, 7) is 4.09. The number of phenolic OH excluding ortho intramolecular Hbond substituents is 1. The Labute approximate surface area is 298 Å². The van der Waals surface area contributed by atoms with Crippen molar-refractivity contribution in [1.82, 2.24) is 16.0 Å². The van der Waals surface area contributed by atoms with E-state index in [1.54, 1.807) is 26.0 Å². The number of aromatic hydroxyl groups is 1. The summed E-state index contributed by atoms with van der Waals surface area (Å²) in [4.78, 5) is 57.1. The van der Waals surface area contributed by atoms with E-state index >= 15 is 0 Å². The van der Waals surface area contributed by atoms with Crippen LogP contribution >= 0.6 is 0 Å². The van der Waals surface area contributed by atoms with Gasteiger partial charge in [0.05, 0.1) is 6.04 Å². The quantitative estimate of drug-likeness (QED) is 0.0478. The molecule has 0 aliphatic rings. The Morgan fingerprint density at radius 1 is 0.725 bits per heavy atom. The lowest BCUT2D eigenvalue weighted by Crippen LogP contribution is -2.58. The van der Waals surface area contributed by atoms with Crippen LogP contribution in [0.15, 0.2) is 71.7 Å². The highest BCUT2D eigenvalue weighted by molar-refractivity contribution is 5.94. The Balaban J connectivity index is 1.79. The lowest BCUT2D eigenvalue weighted by atomic mass is 9.95. The summed E-state index contributed by atoms with van der Waals surface area (Å²) in [5, 5.41) is 18.3. The van der Waals surface area contributed by atoms with Gasteiger partial charge in [0.25, 0.3) is 0 Å². The highest BCUT2D eigenvalue weighted by Gasteiger charge is 2.30. The number of aryl methyl sites for hydroxylation is 2. The number of carbonyl (C=O) groups excluding carboxylic acids is 4. The summed E-state index contributed by atoms with van der Waals surface area (Å²) in [7, 11) is 0. The number of hydrogen-bond acceptors (Lipinski definition) is 8. The predicted octanol–water partition coefficient (Wildman–Crippen LogP) is 0.521. The Hall–Kier alpha value is -5.47. The van der Waals surface area contributed by atoms with Gasteiger partial charge in [-0.3, -0.25) is 24.2 Å². The summed E-state index contributed by atoms with van der Waals surface area (Å²) in [5.74, 6) is -2.60. The first-order valence-electron chi connectivity index (χ1n) is 16.9. The number of amides is 4. The summed E-state index contributed by atoms with van der Waals surface area (Å²) >= 11 is 0. The number of primary amides is 1. The summed E-state index contributed by atoms with van der Waals surface area (Å²) in [5.41, 5.74) is 33.3. The van der Waals surface area contributed by atoms with Crippen LogP contribution in [-0.4, -0.2) is 72.0 Å². The lowest BCUT2D eigenvalue weighted by molar-refractivity contribution is -0.133. The van der Waals surface area contributed by atoms with Crippen LogP contribution < -0.4 is 44.6 Å². The molecule has 14 N–H and O–H groups in total. The molecule has 3 aromatic rings. The van der Waals surface area contributed by atoms with Crippen LogP contribution in [0.25, 0.3) is 11.1 Å². The van der Waals surface area contributed by atoms with Gasteiger partial charge in [0.1, 0.15) is 23.9 Å². The number of rotatable bonds is 19. The first-order chi connectivity index (χ1) is 24.3. The Morgan fingerprint density at radius 3 is 1.88 bits per heavy atom. The van der Waals surface area contributed by atoms with Gasteiger partial charge < -0.3 is 49.7 Å². The first-order valence-corrected chi connectivity index (χ1v) is 16.9. The minimum Gasteiger partial charge on any atom is -0.508 e. The molecule has 14 nitrogen and oxygen atoms in total. The van der Waals surface area contributed by atoms with Gasteiger partial charge in [0.2, 0.25) is 23.6 Å². The second kappa shape index (κ2) is 19.6. The Morgan fingerprint density at radius 2 is 1.29 bits per heavy atom. The maximum atomic E-state index is 13.9. The molecule has 4 amide bonds. The van der Waals surface area contributed by atoms with Gasteiger partial charge in [-0.1, -0.05) is 54.6 Å². The van der Waals surface area contributed by atoms with E-state index in [-0.39, 0.29) is 50.5 Å². The van der Waals surface area contributed by atoms with E-state index in [0.717, 1.165) is 22.3 Å². The number of phenols is 1. The van der Waals surface area contributed by atoms with Crippen molar-refractivity contribution in [2.75, 3.05) is 13.1 Å². The average molecular weight is 702 g/mol. The second-order valence-corrected chi connectivity index (χ2v) is 12.6. The number of nitrogens with two attached hydrogens (primary N) is 5. The number of nitrogens with one attached hydrogen (secondary N) is 3. The summed E-state index contributed by atoms with van der Waals surface area (Å²) in [6.07, 6.45) is 1.40. The van der Waals surface area contributed by atoms with Crippen LogP contribution in [0.3, 0.4) is 0 Å². The molecule has 14 heteroatoms. The maximum Gasteiger partial charge on any atom is 0.243 e. The SMILES string of the molecule is Cc1cc(O)cc(C)c1C[C@H](NC(=O)[C@H](N)CCCN=C(N)N)C(=O)N[C@@H](CCCN)C(=O)N[C@@H](Cc1ccc(-c2ccccc2)cc1)C(N)=O. The van der Waals surface area contributed by atoms with Gasteiger partial charge in [-0.2, -0.15) is 0 Å². The smallest absolute Gasteiger partial charge is 0.243 e. The third kappa shape index (κ3) is 12.7. The zero-order valence-electron chi connectivity index (χ0n) is 29.2. The zero-order chi connectivity index (χ0) is 37.5. The van der Waals surface area contributed by atoms with E-state index < -0.39 is 47.8 Å². The van der Waals surface area contributed by atoms with Crippen molar-refractivity contribution in [3.05, 3.63) is 89.0 Å². The van der Waals surface area contributed by atoms with Crippen LogP contribution in [0, 0.1) is 13.8 Å². The van der Waals surface area contributed by atoms with Crippen molar-refractivity contribution < 1.29 is 24.3 Å². The molecule has 0 spiro atoms. The number of nitrogens with zero attached hydrogens (tertiary/aromatic N) is 1. The minimum atomic E-state index is -1.15. The number of guanidine groups is 1. The Bertz CT molecular complexity index is 1640. The molecule has 51 heavy (non-hydrogen) atoms. The number of benzene rings is 3. The van der Waals surface area contributed by atoms with Crippen molar-refractivity contribution in [3.63, 3.8) is 0 Å². The normalized spacial score (nSPS) is 13.3. The van der Waals surface area contributed by atoms with Crippen LogP contribution in [0.2, 0.25) is 0 Å². The van der Waals surface area contributed by atoms with Gasteiger partial charge in [-0.05, 0) is 91.6 Å². The molecule has 0 bridgehead atoms. The summed E-state index contributed by atoms with van der Waals surface area (Å²) in [6, 6.07) is 16.2. The molecule has 0 aliphatic carbocycles. The van der Waals surface area contributed by atoms with E-state index in [4.69, 9.17) is 28.7 Å². The molecule has 0 unspecified atom stereocenters. The summed E-state index contributed by atoms with van der Waals surface area (Å²) < 4.78 is 0. The highest BCUT2D eigenvalue weighted by atomic mass is 16.3. The largest absolute Gasteiger partial charge is 0.508 e. The third-order valence-corrected chi connectivity index (χ3v) is 8.52. The van der Waals surface area contributed by atoms with Crippen LogP contribution in [-0.2, 0) is 32.0 Å². The average Bonchev–Trinajstić information content (AvgIpc) is 3.09. The number of aliphatic imine (C=N–C) groups is 1. The van der Waals surface area contributed by atoms with Gasteiger partial charge in [0.15, 0.2) is 5.96 Å². The third-order valence-electron chi connectivity index (χ3n) is 8.52. The molecule has 0 aromatic heterocycles. The molecule has 0 saturated carbocycles. The van der Waals surface area contributed by atoms with E-state index in [0.29, 0.717) is 24.0 Å². The first kappa shape index (κ1) is 40.0. The topological polar surface area (TPSA) is 267 Å². The fraction of sp³-hybridized carbons (Fsp3) is 0.378. The monoisotopic (exact) mass is 701 g/mol. The molecule has 0 fully saturated rings. The van der Waals surface area contributed by atoms with E-state index in [1.807, 2.05) is 54.6 Å². The zero-order valence-corrected chi connectivity index (χ0v) is 29.2. The standard InChI is InChI=1S/C37H51N9O5/c1-22-18-27(47)19-23(2)28(22)21-32(46-34(49)29(39)10-7-17-43-37(41)42)36(51)44-30(11-6-16-38)35(50)45-31(33(40)48)20-24-12-14-26(15-13-24)25-8-4-3-5-9-25/h3-5,8-9,12-15,18-19,29-32,47H,6-7,10-11,16-17,20-21,38-39H2,1-2H3,(H2,40,48)(H,44,51)(H,45,50)(H,46,49)(H4,41,42,43)/t29-,30+,31+,32+/m1/s1. The molecule has 0 aliphatic heterocycles. The molecule has 0 radical (unpaired) electrons. The van der Waals surface area contributed by atoms with Crippen LogP contribution in [0.1, 0.15) is 47.9 Å². The predicted molar refractivity (Wildman–Crippen MR) is 198 cm³/mol. The highest BCUT2D eigenvalue weighted by Crippen LogP contribution is 2.23. The van der Waals surface area contributed by atoms with E-state index in [1.165, 1.54) is 0 Å². The van der Waals surface area contributed by atoms with Gasteiger partial charge >= 0.3 is 0 Å². The van der Waals surface area contributed by atoms with Crippen molar-refractivity contribution >= 4 is 29.6 Å². The molecular formula is C37H51N9O5. The fourth-order valence-corrected chi connectivity index (χ4v) is 5.69. The van der Waals surface area contributed by atoms with Crippen LogP contribution in [0.5, 0.6) is 5.75 Å². The van der Waals surface area contributed by atoms with E-state index in [9.17, 15) is 24.3 Å². The lowest BCUT2D eigenvalue weighted by Gasteiger charge is -2.26. The van der Waals surface area contributed by atoms with Crippen LogP contribution in [0.4, 0.5) is 0 Å². The molecule has 4 atom stereocenters. The van der Waals surface area contributed by atoms with Gasteiger partial charge in [0, 0.05) is 19.4 Å². The number of hydrogen-bond donors (Lipinski definition) is 9. The molecule has 3 aromatic carbocycles. The fourth-order valence-electron chi connectivity index (χ4n) is 5.69. The van der Waals surface area contributed by atoms with Gasteiger partial charge in [-0.15, -0.1) is 0 Å². The van der Waals surface area contributed by atoms with Crippen molar-refractivity contribution in [1.29, 1.82) is 0 Å². The van der Waals surface area contributed by atoms with E-state index in [2.05, 4.69) is 20.9 Å². The van der Waals surface area contributed by atoms with Crippen molar-refractivity contribution in [3.8, 4) is 16.9 Å². The van der Waals surface area contributed by atoms with Gasteiger partial charge in [-0.25, -0.2) is 0 Å². The second-order valence-electron chi connectivity index (χ2n) is 12.6. The molecule has 274 valence electrons. The molecule has 0 heterocycles. The maximum absolute atomic E-state index is 13.9. The molecule has 3 rings (SSSR count). The number of carbonyl (C=O) groups is 4. The molecule has 0 saturated heterocycles.